The molecule has 0 aliphatic carbocycles. The van der Waals surface area contributed by atoms with E-state index < -0.39 is 23.8 Å². The Hall–Kier alpha value is -3.26. The van der Waals surface area contributed by atoms with E-state index in [4.69, 9.17) is 34.8 Å². The highest BCUT2D eigenvalue weighted by molar-refractivity contribution is 6.40. The van der Waals surface area contributed by atoms with Crippen LogP contribution in [0.15, 0.2) is 60.7 Å². The number of rotatable bonds is 7. The van der Waals surface area contributed by atoms with Crippen molar-refractivity contribution in [3.63, 3.8) is 0 Å². The molecular weight excluding hydrogens is 491 g/mol. The summed E-state index contributed by atoms with van der Waals surface area (Å²) in [6.45, 7) is 0. The fourth-order valence-corrected chi connectivity index (χ4v) is 3.82. The van der Waals surface area contributed by atoms with Crippen LogP contribution in [0, 0.1) is 0 Å². The number of anilines is 1. The molecule has 4 N–H and O–H groups in total. The summed E-state index contributed by atoms with van der Waals surface area (Å²) >= 11 is 18.1. The molecule has 3 rings (SSSR count). The van der Waals surface area contributed by atoms with Gasteiger partial charge in [-0.2, -0.15) is 0 Å². The zero-order valence-corrected chi connectivity index (χ0v) is 19.1. The van der Waals surface area contributed by atoms with Crippen molar-refractivity contribution < 1.29 is 24.6 Å². The van der Waals surface area contributed by atoms with E-state index in [9.17, 15) is 24.6 Å². The molecule has 0 spiro atoms. The van der Waals surface area contributed by atoms with Gasteiger partial charge in [0.2, 0.25) is 0 Å². The molecule has 33 heavy (non-hydrogen) atoms. The minimum absolute atomic E-state index is 0.00430. The number of carbonyl (C=O) groups excluding carboxylic acids is 2. The summed E-state index contributed by atoms with van der Waals surface area (Å²) in [6, 6.07) is 13.7. The maximum Gasteiger partial charge on any atom is 0.326 e. The molecule has 0 aliphatic rings. The van der Waals surface area contributed by atoms with Gasteiger partial charge in [0.05, 0.1) is 26.2 Å². The molecule has 0 aliphatic heterocycles. The van der Waals surface area contributed by atoms with Crippen LogP contribution in [0.1, 0.15) is 26.3 Å². The van der Waals surface area contributed by atoms with Crippen LogP contribution in [0.4, 0.5) is 5.69 Å². The molecule has 3 aromatic carbocycles. The first-order chi connectivity index (χ1) is 15.7. The van der Waals surface area contributed by atoms with E-state index in [2.05, 4.69) is 10.6 Å². The van der Waals surface area contributed by atoms with Crippen LogP contribution in [-0.2, 0) is 11.2 Å². The lowest BCUT2D eigenvalue weighted by Gasteiger charge is -2.16. The van der Waals surface area contributed by atoms with Crippen LogP contribution in [0.3, 0.4) is 0 Å². The second-order valence-corrected chi connectivity index (χ2v) is 8.20. The third-order valence-corrected chi connectivity index (χ3v) is 5.58. The Morgan fingerprint density at radius 2 is 1.48 bits per heavy atom. The van der Waals surface area contributed by atoms with E-state index >= 15 is 0 Å². The molecule has 3 aromatic rings. The van der Waals surface area contributed by atoms with Crippen molar-refractivity contribution in [2.24, 2.45) is 0 Å². The molecule has 1 atom stereocenters. The van der Waals surface area contributed by atoms with Gasteiger partial charge in [-0.05, 0) is 48.0 Å². The van der Waals surface area contributed by atoms with Crippen LogP contribution < -0.4 is 10.6 Å². The van der Waals surface area contributed by atoms with Gasteiger partial charge >= 0.3 is 5.97 Å². The Morgan fingerprint density at radius 1 is 0.848 bits per heavy atom. The zero-order chi connectivity index (χ0) is 24.1. The largest absolute Gasteiger partial charge is 0.508 e. The van der Waals surface area contributed by atoms with Crippen molar-refractivity contribution in [1.82, 2.24) is 5.32 Å². The number of amides is 2. The molecule has 1 unspecified atom stereocenters. The van der Waals surface area contributed by atoms with Gasteiger partial charge in [-0.25, -0.2) is 4.79 Å². The topological polar surface area (TPSA) is 116 Å². The zero-order valence-electron chi connectivity index (χ0n) is 16.8. The van der Waals surface area contributed by atoms with Gasteiger partial charge in [0.25, 0.3) is 11.8 Å². The average Bonchev–Trinajstić information content (AvgIpc) is 2.74. The number of aliphatic carboxylic acids is 1. The normalized spacial score (nSPS) is 11.5. The standard InChI is InChI=1S/C23H17Cl3N2O5/c24-16-2-1-3-17(25)20(16)22(31)27-13-6-4-12(5-7-13)10-19(23(32)33)28-21(30)15-9-8-14(29)11-18(15)26/h1-9,11,19,29H,10H2,(H,27,31)(H,28,30)(H,32,33). The number of hydrogen-bond donors (Lipinski definition) is 4. The van der Waals surface area contributed by atoms with Gasteiger partial charge < -0.3 is 20.8 Å². The molecule has 0 bridgehead atoms. The lowest BCUT2D eigenvalue weighted by molar-refractivity contribution is -0.139. The van der Waals surface area contributed by atoms with E-state index in [1.54, 1.807) is 42.5 Å². The van der Waals surface area contributed by atoms with Crippen LogP contribution in [-0.4, -0.2) is 34.0 Å². The van der Waals surface area contributed by atoms with Gasteiger partial charge in [-0.1, -0.05) is 53.0 Å². The van der Waals surface area contributed by atoms with Crippen molar-refractivity contribution in [3.05, 3.63) is 92.4 Å². The third-order valence-electron chi connectivity index (χ3n) is 4.64. The second-order valence-electron chi connectivity index (χ2n) is 6.98. The number of benzene rings is 3. The predicted molar refractivity (Wildman–Crippen MR) is 127 cm³/mol. The highest BCUT2D eigenvalue weighted by atomic mass is 35.5. The number of carbonyl (C=O) groups is 3. The molecule has 0 saturated heterocycles. The Bertz CT molecular complexity index is 1190. The fraction of sp³-hybridized carbons (Fsp3) is 0.0870. The fourth-order valence-electron chi connectivity index (χ4n) is 2.99. The number of phenolic OH excluding ortho intramolecular Hbond substituents is 1. The quantitative estimate of drug-likeness (QED) is 0.358. The first-order valence-corrected chi connectivity index (χ1v) is 10.7. The molecule has 7 nitrogen and oxygen atoms in total. The number of phenols is 1. The number of carboxylic acids is 1. The van der Waals surface area contributed by atoms with Crippen LogP contribution in [0.5, 0.6) is 5.75 Å². The van der Waals surface area contributed by atoms with Crippen LogP contribution in [0.25, 0.3) is 0 Å². The maximum absolute atomic E-state index is 12.5. The smallest absolute Gasteiger partial charge is 0.326 e. The summed E-state index contributed by atoms with van der Waals surface area (Å²) in [6.07, 6.45) is -0.0126. The molecule has 0 fully saturated rings. The summed E-state index contributed by atoms with van der Waals surface area (Å²) in [5.41, 5.74) is 1.24. The predicted octanol–water partition coefficient (Wildman–Crippen LogP) is 5.03. The Labute approximate surface area is 203 Å². The maximum atomic E-state index is 12.5. The van der Waals surface area contributed by atoms with Crippen molar-refractivity contribution in [1.29, 1.82) is 0 Å². The second kappa shape index (κ2) is 10.6. The highest BCUT2D eigenvalue weighted by Crippen LogP contribution is 2.25. The highest BCUT2D eigenvalue weighted by Gasteiger charge is 2.22. The van der Waals surface area contributed by atoms with Gasteiger partial charge in [0, 0.05) is 12.1 Å². The van der Waals surface area contributed by atoms with E-state index in [1.165, 1.54) is 18.2 Å². The summed E-state index contributed by atoms with van der Waals surface area (Å²) in [5.74, 6) is -2.52. The molecule has 170 valence electrons. The van der Waals surface area contributed by atoms with E-state index in [-0.39, 0.29) is 38.4 Å². The van der Waals surface area contributed by atoms with E-state index in [0.29, 0.717) is 11.3 Å². The summed E-state index contributed by atoms with van der Waals surface area (Å²) in [5, 5.41) is 24.4. The summed E-state index contributed by atoms with van der Waals surface area (Å²) in [4.78, 5) is 36.6. The number of nitrogens with one attached hydrogen (secondary N) is 2. The third kappa shape index (κ3) is 6.16. The molecule has 0 heterocycles. The van der Waals surface area contributed by atoms with Crippen molar-refractivity contribution >= 4 is 58.3 Å². The molecule has 0 radical (unpaired) electrons. The Balaban J connectivity index is 1.68. The number of aromatic hydroxyl groups is 1. The lowest BCUT2D eigenvalue weighted by Crippen LogP contribution is -2.42. The molecule has 10 heteroatoms. The first kappa shape index (κ1) is 24.4. The minimum atomic E-state index is -1.23. The number of carboxylic acid groups (broad SMARTS) is 1. The van der Waals surface area contributed by atoms with Crippen molar-refractivity contribution in [2.45, 2.75) is 12.5 Å². The Kier molecular flexibility index (Phi) is 7.81. The van der Waals surface area contributed by atoms with Gasteiger partial charge in [-0.15, -0.1) is 0 Å². The van der Waals surface area contributed by atoms with Gasteiger partial charge in [-0.3, -0.25) is 9.59 Å². The summed E-state index contributed by atoms with van der Waals surface area (Å²) < 4.78 is 0. The van der Waals surface area contributed by atoms with Gasteiger partial charge in [0.15, 0.2) is 0 Å². The minimum Gasteiger partial charge on any atom is -0.508 e. The van der Waals surface area contributed by atoms with Crippen molar-refractivity contribution in [2.75, 3.05) is 5.32 Å². The van der Waals surface area contributed by atoms with Crippen LogP contribution in [0.2, 0.25) is 15.1 Å². The SMILES string of the molecule is O=C(NC(Cc1ccc(NC(=O)c2c(Cl)cccc2Cl)cc1)C(=O)O)c1ccc(O)cc1Cl. The summed E-state index contributed by atoms with van der Waals surface area (Å²) in [7, 11) is 0. The van der Waals surface area contributed by atoms with Crippen LogP contribution >= 0.6 is 34.8 Å². The first-order valence-electron chi connectivity index (χ1n) is 9.52. The van der Waals surface area contributed by atoms with Crippen molar-refractivity contribution in [3.8, 4) is 5.75 Å². The number of hydrogen-bond acceptors (Lipinski definition) is 4. The van der Waals surface area contributed by atoms with E-state index in [0.717, 1.165) is 0 Å². The molecular formula is C23H17Cl3N2O5. The Morgan fingerprint density at radius 3 is 2.06 bits per heavy atom. The lowest BCUT2D eigenvalue weighted by atomic mass is 10.0. The molecule has 0 aromatic heterocycles. The average molecular weight is 508 g/mol. The van der Waals surface area contributed by atoms with Gasteiger partial charge in [0.1, 0.15) is 11.8 Å². The number of halogens is 3. The monoisotopic (exact) mass is 506 g/mol. The van der Waals surface area contributed by atoms with E-state index in [1.807, 2.05) is 0 Å². The molecule has 0 saturated carbocycles. The molecule has 2 amide bonds.